The largest absolute Gasteiger partial charge is 0.505 e. The van der Waals surface area contributed by atoms with Crippen molar-refractivity contribution >= 4 is 18.7 Å². The Kier molecular flexibility index (Phi) is 3.19. The van der Waals surface area contributed by atoms with Gasteiger partial charge in [-0.05, 0) is 16.2 Å². The zero-order valence-electron chi connectivity index (χ0n) is 7.32. The molecule has 1 aromatic rings. The Bertz CT molecular complexity index is 336. The van der Waals surface area contributed by atoms with Crippen molar-refractivity contribution in [2.45, 2.75) is 5.16 Å². The molecule has 0 aromatic carbocycles. The molecule has 0 aliphatic rings. The van der Waals surface area contributed by atoms with Gasteiger partial charge in [-0.25, -0.2) is 4.68 Å². The maximum Gasteiger partial charge on any atom is 0.505 e. The number of nitrogens with zero attached hydrogens (tertiary/aromatic N) is 4. The molecule has 0 N–H and O–H groups in total. The molecule has 1 heterocycles. The highest BCUT2D eigenvalue weighted by Gasteiger charge is 2.26. The molecule has 0 aliphatic carbocycles. The van der Waals surface area contributed by atoms with Crippen molar-refractivity contribution in [1.29, 1.82) is 0 Å². The molecule has 0 bridgehead atoms. The first-order valence-corrected chi connectivity index (χ1v) is 4.62. The number of hydrogen-bond donors (Lipinski definition) is 0. The van der Waals surface area contributed by atoms with E-state index in [9.17, 15) is 12.9 Å². The molecule has 0 spiro atoms. The molecule has 0 fully saturated rings. The lowest BCUT2D eigenvalue weighted by atomic mass is 9.82. The molecule has 4 nitrogen and oxygen atoms in total. The molecule has 1 aromatic heterocycles. The van der Waals surface area contributed by atoms with Crippen LogP contribution >= 0.6 is 11.8 Å². The molecular weight excluding hydrogens is 216 g/mol. The van der Waals surface area contributed by atoms with E-state index < -0.39 is 12.4 Å². The lowest BCUT2D eigenvalue weighted by Gasteiger charge is -2.16. The molecule has 78 valence electrons. The summed E-state index contributed by atoms with van der Waals surface area (Å²) in [6.07, 6.45) is 0. The molecule has 14 heavy (non-hydrogen) atoms. The number of hydrogen-bond acceptors (Lipinski definition) is 4. The van der Waals surface area contributed by atoms with Gasteiger partial charge in [0.15, 0.2) is 0 Å². The predicted octanol–water partition coefficient (Wildman–Crippen LogP) is 1.24. The van der Waals surface area contributed by atoms with E-state index in [2.05, 4.69) is 22.1 Å². The van der Waals surface area contributed by atoms with Crippen LogP contribution in [0.5, 0.6) is 0 Å². The lowest BCUT2D eigenvalue weighted by molar-refractivity contribution is 0.491. The van der Waals surface area contributed by atoms with Crippen LogP contribution in [0.15, 0.2) is 17.2 Å². The predicted molar refractivity (Wildman–Crippen MR) is 47.7 cm³/mol. The normalized spacial score (nSPS) is 11.7. The zero-order chi connectivity index (χ0) is 10.8. The summed E-state index contributed by atoms with van der Waals surface area (Å²) in [6, 6.07) is 0. The molecule has 0 saturated heterocycles. The van der Waals surface area contributed by atoms with Gasteiger partial charge in [0, 0.05) is 7.05 Å². The van der Waals surface area contributed by atoms with Gasteiger partial charge in [0.25, 0.3) is 0 Å². The van der Waals surface area contributed by atoms with E-state index >= 15 is 0 Å². The third-order valence-electron chi connectivity index (χ3n) is 1.43. The number of aryl methyl sites for hydroxylation is 1. The van der Waals surface area contributed by atoms with Crippen molar-refractivity contribution in [2.75, 3.05) is 5.75 Å². The minimum atomic E-state index is -4.96. The summed E-state index contributed by atoms with van der Waals surface area (Å²) in [5.41, 5.74) is -0.738. The highest BCUT2D eigenvalue weighted by Crippen LogP contribution is 2.24. The van der Waals surface area contributed by atoms with Gasteiger partial charge in [-0.3, -0.25) is 0 Å². The second-order valence-corrected chi connectivity index (χ2v) is 3.55. The van der Waals surface area contributed by atoms with E-state index in [1.807, 2.05) is 0 Å². The summed E-state index contributed by atoms with van der Waals surface area (Å²) < 4.78 is 37.5. The van der Waals surface area contributed by atoms with Gasteiger partial charge in [-0.1, -0.05) is 11.8 Å². The highest BCUT2D eigenvalue weighted by atomic mass is 32.2. The monoisotopic (exact) mass is 223 g/mol. The Morgan fingerprint density at radius 2 is 2.21 bits per heavy atom. The van der Waals surface area contributed by atoms with Gasteiger partial charge >= 0.3 is 6.98 Å². The average molecular weight is 223 g/mol. The third-order valence-corrected chi connectivity index (χ3v) is 2.55. The number of tetrazole rings is 1. The van der Waals surface area contributed by atoms with Crippen molar-refractivity contribution in [1.82, 2.24) is 20.2 Å². The maximum absolute atomic E-state index is 12.1. The fourth-order valence-corrected chi connectivity index (χ4v) is 1.42. The van der Waals surface area contributed by atoms with Crippen molar-refractivity contribution in [3.05, 3.63) is 12.1 Å². The van der Waals surface area contributed by atoms with Crippen molar-refractivity contribution in [2.24, 2.45) is 7.05 Å². The topological polar surface area (TPSA) is 43.6 Å². The van der Waals surface area contributed by atoms with Gasteiger partial charge in [-0.15, -0.1) is 17.2 Å². The molecule has 0 atom stereocenters. The van der Waals surface area contributed by atoms with Crippen LogP contribution in [-0.4, -0.2) is 32.9 Å². The summed E-state index contributed by atoms with van der Waals surface area (Å²) in [6.45, 7) is -2.00. The fourth-order valence-electron chi connectivity index (χ4n) is 0.595. The van der Waals surface area contributed by atoms with Gasteiger partial charge in [0.2, 0.25) is 5.16 Å². The first-order chi connectivity index (χ1) is 6.41. The minimum Gasteiger partial charge on any atom is -0.445 e. The molecule has 0 saturated carbocycles. The maximum atomic E-state index is 12.1. The molecule has 1 rings (SSSR count). The number of rotatable bonds is 4. The van der Waals surface area contributed by atoms with Gasteiger partial charge in [0.05, 0.1) is 0 Å². The Morgan fingerprint density at radius 1 is 1.57 bits per heavy atom. The van der Waals surface area contributed by atoms with Crippen molar-refractivity contribution in [3.63, 3.8) is 0 Å². The summed E-state index contributed by atoms with van der Waals surface area (Å²) in [5, 5.41) is 10.7. The summed E-state index contributed by atoms with van der Waals surface area (Å²) in [7, 11) is 1.56. The van der Waals surface area contributed by atoms with E-state index in [1.54, 1.807) is 7.05 Å². The Morgan fingerprint density at radius 3 is 2.64 bits per heavy atom. The standard InChI is InChI=1S/C5H7BF3N4S/c1-4(6(7,8)9)3-14-5-10-11-12-13(5)2/h1,3H2,2H3/q-1. The Labute approximate surface area is 82.6 Å². The molecule has 0 amide bonds. The molecule has 0 aliphatic heterocycles. The van der Waals surface area contributed by atoms with Gasteiger partial charge in [-0.2, -0.15) is 0 Å². The molecule has 9 heteroatoms. The van der Waals surface area contributed by atoms with Crippen LogP contribution in [0.2, 0.25) is 0 Å². The van der Waals surface area contributed by atoms with Gasteiger partial charge in [0.1, 0.15) is 0 Å². The highest BCUT2D eigenvalue weighted by molar-refractivity contribution is 7.99. The van der Waals surface area contributed by atoms with E-state index in [0.717, 1.165) is 11.8 Å². The first kappa shape index (κ1) is 11.1. The van der Waals surface area contributed by atoms with Crippen LogP contribution < -0.4 is 0 Å². The molecule has 0 radical (unpaired) electrons. The van der Waals surface area contributed by atoms with Gasteiger partial charge < -0.3 is 12.9 Å². The van der Waals surface area contributed by atoms with Crippen molar-refractivity contribution in [3.8, 4) is 0 Å². The first-order valence-electron chi connectivity index (χ1n) is 3.64. The summed E-state index contributed by atoms with van der Waals surface area (Å²) >= 11 is 0.912. The van der Waals surface area contributed by atoms with Crippen LogP contribution in [0.1, 0.15) is 0 Å². The van der Waals surface area contributed by atoms with Crippen LogP contribution in [0.3, 0.4) is 0 Å². The number of halogens is 3. The quantitative estimate of drug-likeness (QED) is 0.569. The van der Waals surface area contributed by atoms with Crippen LogP contribution in [-0.2, 0) is 7.05 Å². The molecule has 0 unspecified atom stereocenters. The van der Waals surface area contributed by atoms with E-state index in [-0.39, 0.29) is 5.75 Å². The smallest absolute Gasteiger partial charge is 0.445 e. The SMILES string of the molecule is C=C(CSc1nnnn1C)[B-](F)(F)F. The summed E-state index contributed by atoms with van der Waals surface area (Å²) in [5.74, 6) is -0.238. The van der Waals surface area contributed by atoms with Crippen molar-refractivity contribution < 1.29 is 12.9 Å². The minimum absolute atomic E-state index is 0.238. The van der Waals surface area contributed by atoms with Crippen LogP contribution in [0, 0.1) is 0 Å². The average Bonchev–Trinajstić information content (AvgIpc) is 2.45. The summed E-state index contributed by atoms with van der Waals surface area (Å²) in [4.78, 5) is 0. The Balaban J connectivity index is 2.50. The van der Waals surface area contributed by atoms with E-state index in [0.29, 0.717) is 5.16 Å². The van der Waals surface area contributed by atoms with E-state index in [4.69, 9.17) is 0 Å². The third kappa shape index (κ3) is 2.76. The molecular formula is C5H7BF3N4S-. The fraction of sp³-hybridized carbons (Fsp3) is 0.400. The number of aromatic nitrogens is 4. The van der Waals surface area contributed by atoms with Crippen LogP contribution in [0.4, 0.5) is 12.9 Å². The second-order valence-electron chi connectivity index (χ2n) is 2.61. The zero-order valence-corrected chi connectivity index (χ0v) is 8.14. The van der Waals surface area contributed by atoms with E-state index in [1.165, 1.54) is 4.68 Å². The van der Waals surface area contributed by atoms with Crippen LogP contribution in [0.25, 0.3) is 0 Å². The second kappa shape index (κ2) is 4.03. The Hall–Kier alpha value is -0.985. The number of thioether (sulfide) groups is 1. The lowest BCUT2D eigenvalue weighted by Crippen LogP contribution is -2.20.